The Bertz CT molecular complexity index is 633. The second kappa shape index (κ2) is 4.01. The third kappa shape index (κ3) is 1.92. The maximum absolute atomic E-state index is 13.2. The van der Waals surface area contributed by atoms with Crippen LogP contribution in [0.4, 0.5) is 4.39 Å². The quantitative estimate of drug-likeness (QED) is 0.886. The van der Waals surface area contributed by atoms with Crippen molar-refractivity contribution < 1.29 is 14.3 Å². The molecule has 0 aliphatic heterocycles. The molecule has 2 aromatic rings. The van der Waals surface area contributed by atoms with Crippen molar-refractivity contribution in [3.63, 3.8) is 0 Å². The molecule has 2 rings (SSSR count). The first kappa shape index (κ1) is 12.4. The fraction of sp³-hybridized carbons (Fsp3) is 0.308. The molecule has 0 fully saturated rings. The highest BCUT2D eigenvalue weighted by Crippen LogP contribution is 2.28. The number of rotatable bonds is 2. The molecule has 0 saturated carbocycles. The Labute approximate surface area is 103 Å². The van der Waals surface area contributed by atoms with E-state index in [4.69, 9.17) is 0 Å². The number of carboxylic acids is 1. The molecule has 0 aliphatic rings. The molecule has 4 nitrogen and oxygen atoms in total. The van der Waals surface area contributed by atoms with Crippen molar-refractivity contribution in [3.05, 3.63) is 35.5 Å². The Morgan fingerprint density at radius 2 is 2.00 bits per heavy atom. The van der Waals surface area contributed by atoms with Gasteiger partial charge < -0.3 is 5.11 Å². The molecule has 0 atom stereocenters. The van der Waals surface area contributed by atoms with E-state index in [2.05, 4.69) is 9.97 Å². The van der Waals surface area contributed by atoms with Gasteiger partial charge in [0.1, 0.15) is 17.1 Å². The molecule has 1 aromatic heterocycles. The van der Waals surface area contributed by atoms with Gasteiger partial charge in [0.15, 0.2) is 0 Å². The van der Waals surface area contributed by atoms with Crippen molar-refractivity contribution in [1.82, 2.24) is 9.97 Å². The SMILES string of the molecule is Cc1nc(C(C)(C)C(=O)O)c2ccc(F)cc2n1. The van der Waals surface area contributed by atoms with Crippen LogP contribution < -0.4 is 0 Å². The summed E-state index contributed by atoms with van der Waals surface area (Å²) >= 11 is 0. The Kier molecular flexibility index (Phi) is 2.77. The number of carbonyl (C=O) groups is 1. The van der Waals surface area contributed by atoms with Crippen LogP contribution in [-0.4, -0.2) is 21.0 Å². The van der Waals surface area contributed by atoms with Crippen LogP contribution in [0, 0.1) is 12.7 Å². The highest BCUT2D eigenvalue weighted by molar-refractivity contribution is 5.89. The van der Waals surface area contributed by atoms with Crippen LogP contribution in [0.1, 0.15) is 25.4 Å². The van der Waals surface area contributed by atoms with Crippen LogP contribution in [0.3, 0.4) is 0 Å². The topological polar surface area (TPSA) is 63.1 Å². The summed E-state index contributed by atoms with van der Waals surface area (Å²) in [7, 11) is 0. The number of hydrogen-bond donors (Lipinski definition) is 1. The lowest BCUT2D eigenvalue weighted by atomic mass is 9.87. The standard InChI is InChI=1S/C13H13FN2O2/c1-7-15-10-6-8(14)4-5-9(10)11(16-7)13(2,3)12(17)18/h4-6H,1-3H3,(H,17,18). The fourth-order valence-corrected chi connectivity index (χ4v) is 1.80. The molecule has 0 aliphatic carbocycles. The third-order valence-electron chi connectivity index (χ3n) is 2.90. The molecule has 0 bridgehead atoms. The highest BCUT2D eigenvalue weighted by Gasteiger charge is 2.33. The van der Waals surface area contributed by atoms with E-state index < -0.39 is 17.2 Å². The fourth-order valence-electron chi connectivity index (χ4n) is 1.80. The molecule has 18 heavy (non-hydrogen) atoms. The van der Waals surface area contributed by atoms with Gasteiger partial charge in [-0.3, -0.25) is 4.79 Å². The normalized spacial score (nSPS) is 11.8. The lowest BCUT2D eigenvalue weighted by molar-refractivity contribution is -0.142. The van der Waals surface area contributed by atoms with E-state index in [1.807, 2.05) is 0 Å². The van der Waals surface area contributed by atoms with Gasteiger partial charge in [-0.1, -0.05) is 0 Å². The molecule has 0 unspecified atom stereocenters. The zero-order valence-electron chi connectivity index (χ0n) is 10.4. The van der Waals surface area contributed by atoms with Gasteiger partial charge in [0.05, 0.1) is 11.2 Å². The molecule has 0 saturated heterocycles. The number of nitrogens with zero attached hydrogens (tertiary/aromatic N) is 2. The van der Waals surface area contributed by atoms with Crippen LogP contribution in [-0.2, 0) is 10.2 Å². The van der Waals surface area contributed by atoms with Gasteiger partial charge in [0.2, 0.25) is 0 Å². The van der Waals surface area contributed by atoms with Gasteiger partial charge in [-0.05, 0) is 32.9 Å². The van der Waals surface area contributed by atoms with E-state index in [0.717, 1.165) is 0 Å². The van der Waals surface area contributed by atoms with Crippen molar-refractivity contribution in [2.75, 3.05) is 0 Å². The van der Waals surface area contributed by atoms with Gasteiger partial charge in [-0.2, -0.15) is 0 Å². The molecular formula is C13H13FN2O2. The Morgan fingerprint density at radius 3 is 2.61 bits per heavy atom. The molecular weight excluding hydrogens is 235 g/mol. The molecule has 0 radical (unpaired) electrons. The first-order valence-electron chi connectivity index (χ1n) is 5.50. The largest absolute Gasteiger partial charge is 0.481 e. The zero-order chi connectivity index (χ0) is 13.5. The summed E-state index contributed by atoms with van der Waals surface area (Å²) in [6.45, 7) is 4.80. The Balaban J connectivity index is 2.82. The van der Waals surface area contributed by atoms with Gasteiger partial charge in [0.25, 0.3) is 0 Å². The molecule has 1 aromatic carbocycles. The zero-order valence-corrected chi connectivity index (χ0v) is 10.4. The van der Waals surface area contributed by atoms with E-state index in [1.165, 1.54) is 18.2 Å². The first-order chi connectivity index (χ1) is 8.32. The number of carboxylic acid groups (broad SMARTS) is 1. The summed E-state index contributed by atoms with van der Waals surface area (Å²) in [5.74, 6) is -0.955. The summed E-state index contributed by atoms with van der Waals surface area (Å²) in [5.41, 5.74) is -0.326. The van der Waals surface area contributed by atoms with Crippen molar-refractivity contribution in [1.29, 1.82) is 0 Å². The summed E-state index contributed by atoms with van der Waals surface area (Å²) < 4.78 is 13.2. The maximum Gasteiger partial charge on any atom is 0.315 e. The van der Waals surface area contributed by atoms with E-state index in [0.29, 0.717) is 22.4 Å². The Morgan fingerprint density at radius 1 is 1.33 bits per heavy atom. The Hall–Kier alpha value is -2.04. The van der Waals surface area contributed by atoms with Crippen LogP contribution in [0.2, 0.25) is 0 Å². The number of fused-ring (bicyclic) bond motifs is 1. The van der Waals surface area contributed by atoms with Crippen molar-refractivity contribution in [3.8, 4) is 0 Å². The second-order valence-corrected chi connectivity index (χ2v) is 4.71. The summed E-state index contributed by atoms with van der Waals surface area (Å²) in [6, 6.07) is 4.08. The van der Waals surface area contributed by atoms with E-state index >= 15 is 0 Å². The minimum atomic E-state index is -1.15. The number of halogens is 1. The van der Waals surface area contributed by atoms with Crippen LogP contribution in [0.15, 0.2) is 18.2 Å². The average Bonchev–Trinajstić information content (AvgIpc) is 2.26. The lowest BCUT2D eigenvalue weighted by Gasteiger charge is -2.20. The number of aromatic nitrogens is 2. The maximum atomic E-state index is 13.2. The number of hydrogen-bond acceptors (Lipinski definition) is 3. The molecule has 94 valence electrons. The monoisotopic (exact) mass is 248 g/mol. The predicted molar refractivity (Wildman–Crippen MR) is 64.9 cm³/mol. The first-order valence-corrected chi connectivity index (χ1v) is 5.50. The second-order valence-electron chi connectivity index (χ2n) is 4.71. The van der Waals surface area contributed by atoms with E-state index in [9.17, 15) is 14.3 Å². The lowest BCUT2D eigenvalue weighted by Crippen LogP contribution is -2.30. The molecule has 1 heterocycles. The van der Waals surface area contributed by atoms with Crippen LogP contribution >= 0.6 is 0 Å². The highest BCUT2D eigenvalue weighted by atomic mass is 19.1. The summed E-state index contributed by atoms with van der Waals surface area (Å²) in [5, 5.41) is 9.83. The van der Waals surface area contributed by atoms with E-state index in [1.54, 1.807) is 20.8 Å². The van der Waals surface area contributed by atoms with Crippen molar-refractivity contribution in [2.45, 2.75) is 26.2 Å². The summed E-state index contributed by atoms with van der Waals surface area (Å²) in [4.78, 5) is 19.6. The van der Waals surface area contributed by atoms with Crippen LogP contribution in [0.5, 0.6) is 0 Å². The molecule has 1 N–H and O–H groups in total. The molecule has 5 heteroatoms. The minimum absolute atomic E-state index is 0.400. The third-order valence-corrected chi connectivity index (χ3v) is 2.90. The minimum Gasteiger partial charge on any atom is -0.481 e. The number of aliphatic carboxylic acids is 1. The van der Waals surface area contributed by atoms with Crippen molar-refractivity contribution in [2.24, 2.45) is 0 Å². The smallest absolute Gasteiger partial charge is 0.315 e. The average molecular weight is 248 g/mol. The number of benzene rings is 1. The van der Waals surface area contributed by atoms with E-state index in [-0.39, 0.29) is 0 Å². The van der Waals surface area contributed by atoms with Gasteiger partial charge >= 0.3 is 5.97 Å². The van der Waals surface area contributed by atoms with Crippen molar-refractivity contribution >= 4 is 16.9 Å². The van der Waals surface area contributed by atoms with Crippen LogP contribution in [0.25, 0.3) is 10.9 Å². The predicted octanol–water partition coefficient (Wildman–Crippen LogP) is 2.44. The number of aryl methyl sites for hydroxylation is 1. The van der Waals surface area contributed by atoms with Gasteiger partial charge in [0, 0.05) is 11.5 Å². The van der Waals surface area contributed by atoms with Gasteiger partial charge in [-0.15, -0.1) is 0 Å². The molecule has 0 amide bonds. The molecule has 0 spiro atoms. The van der Waals surface area contributed by atoms with Gasteiger partial charge in [-0.25, -0.2) is 14.4 Å². The summed E-state index contributed by atoms with van der Waals surface area (Å²) in [6.07, 6.45) is 0.